The molecule has 2 N–H and O–H groups in total. The van der Waals surface area contributed by atoms with Crippen molar-refractivity contribution in [3.8, 4) is 0 Å². The van der Waals surface area contributed by atoms with Gasteiger partial charge in [-0.25, -0.2) is 0 Å². The molecule has 1 aliphatic rings. The smallest absolute Gasteiger partial charge is 0.240 e. The van der Waals surface area contributed by atoms with Crippen molar-refractivity contribution in [1.29, 1.82) is 0 Å². The summed E-state index contributed by atoms with van der Waals surface area (Å²) in [6, 6.07) is 10.3. The van der Waals surface area contributed by atoms with E-state index in [-0.39, 0.29) is 18.2 Å². The summed E-state index contributed by atoms with van der Waals surface area (Å²) < 4.78 is 5.33. The lowest BCUT2D eigenvalue weighted by Gasteiger charge is -2.07. The predicted octanol–water partition coefficient (Wildman–Crippen LogP) is 3.19. The van der Waals surface area contributed by atoms with Gasteiger partial charge in [0.2, 0.25) is 11.8 Å². The van der Waals surface area contributed by atoms with Gasteiger partial charge in [-0.3, -0.25) is 9.59 Å². The second kappa shape index (κ2) is 8.20. The van der Waals surface area contributed by atoms with E-state index in [4.69, 9.17) is 16.0 Å². The Kier molecular flexibility index (Phi) is 5.75. The summed E-state index contributed by atoms with van der Waals surface area (Å²) in [4.78, 5) is 24.1. The lowest BCUT2D eigenvalue weighted by molar-refractivity contribution is -0.122. The Labute approximate surface area is 158 Å². The van der Waals surface area contributed by atoms with Gasteiger partial charge in [0.05, 0.1) is 6.21 Å². The number of amides is 2. The molecular formula is C17H15ClN4O3S. The number of aryl methyl sites for hydroxylation is 1. The van der Waals surface area contributed by atoms with Crippen molar-refractivity contribution in [1.82, 2.24) is 5.32 Å². The van der Waals surface area contributed by atoms with Crippen molar-refractivity contribution in [2.45, 2.75) is 18.6 Å². The molecule has 1 aromatic carbocycles. The van der Waals surface area contributed by atoms with Crippen LogP contribution < -0.4 is 10.6 Å². The summed E-state index contributed by atoms with van der Waals surface area (Å²) in [6.45, 7) is 1.83. The van der Waals surface area contributed by atoms with E-state index < -0.39 is 5.25 Å². The van der Waals surface area contributed by atoms with Crippen LogP contribution >= 0.6 is 23.4 Å². The van der Waals surface area contributed by atoms with Gasteiger partial charge in [-0.05, 0) is 43.3 Å². The number of carbonyl (C=O) groups excluding carboxylic acids is 2. The Morgan fingerprint density at radius 1 is 1.35 bits per heavy atom. The first-order chi connectivity index (χ1) is 12.5. The van der Waals surface area contributed by atoms with Crippen LogP contribution in [0.2, 0.25) is 5.02 Å². The van der Waals surface area contributed by atoms with Crippen LogP contribution in [0.4, 0.5) is 5.69 Å². The fraction of sp³-hybridized carbons (Fsp3) is 0.176. The first-order valence-corrected chi connectivity index (χ1v) is 8.96. The average molecular weight is 391 g/mol. The maximum Gasteiger partial charge on any atom is 0.240 e. The Balaban J connectivity index is 1.53. The highest BCUT2D eigenvalue weighted by Gasteiger charge is 2.32. The molecule has 3 rings (SSSR count). The van der Waals surface area contributed by atoms with Gasteiger partial charge < -0.3 is 15.1 Å². The SMILES string of the molecule is Cc1ccc(/C=N\N=C2/NC(=O)C(CC(=O)Nc3ccc(Cl)cc3)S2)o1. The topological polar surface area (TPSA) is 96.1 Å². The van der Waals surface area contributed by atoms with Crippen LogP contribution in [0.1, 0.15) is 17.9 Å². The van der Waals surface area contributed by atoms with E-state index in [0.29, 0.717) is 21.6 Å². The molecule has 0 saturated carbocycles. The lowest BCUT2D eigenvalue weighted by atomic mass is 10.2. The van der Waals surface area contributed by atoms with Crippen LogP contribution in [0.3, 0.4) is 0 Å². The molecule has 26 heavy (non-hydrogen) atoms. The zero-order chi connectivity index (χ0) is 18.5. The van der Waals surface area contributed by atoms with Crippen LogP contribution in [-0.2, 0) is 9.59 Å². The van der Waals surface area contributed by atoms with Gasteiger partial charge in [0, 0.05) is 17.1 Å². The highest BCUT2D eigenvalue weighted by molar-refractivity contribution is 8.15. The molecule has 9 heteroatoms. The van der Waals surface area contributed by atoms with Crippen LogP contribution in [0.5, 0.6) is 0 Å². The molecule has 1 atom stereocenters. The van der Waals surface area contributed by atoms with Crippen molar-refractivity contribution in [3.63, 3.8) is 0 Å². The van der Waals surface area contributed by atoms with E-state index in [9.17, 15) is 9.59 Å². The number of nitrogens with one attached hydrogen (secondary N) is 2. The van der Waals surface area contributed by atoms with E-state index >= 15 is 0 Å². The maximum atomic E-state index is 12.1. The molecule has 1 unspecified atom stereocenters. The molecule has 1 aliphatic heterocycles. The zero-order valence-electron chi connectivity index (χ0n) is 13.7. The van der Waals surface area contributed by atoms with Gasteiger partial charge in [0.15, 0.2) is 5.17 Å². The van der Waals surface area contributed by atoms with Crippen molar-refractivity contribution in [2.75, 3.05) is 5.32 Å². The number of halogens is 1. The predicted molar refractivity (Wildman–Crippen MR) is 103 cm³/mol. The molecule has 2 heterocycles. The van der Waals surface area contributed by atoms with Crippen molar-refractivity contribution in [3.05, 3.63) is 52.9 Å². The molecule has 7 nitrogen and oxygen atoms in total. The monoisotopic (exact) mass is 390 g/mol. The Morgan fingerprint density at radius 3 is 2.81 bits per heavy atom. The first kappa shape index (κ1) is 18.2. The number of carbonyl (C=O) groups is 2. The molecule has 0 spiro atoms. The summed E-state index contributed by atoms with van der Waals surface area (Å²) >= 11 is 6.97. The summed E-state index contributed by atoms with van der Waals surface area (Å²) in [5.41, 5.74) is 0.620. The third kappa shape index (κ3) is 4.96. The molecule has 1 saturated heterocycles. The summed E-state index contributed by atoms with van der Waals surface area (Å²) in [6.07, 6.45) is 1.48. The molecule has 0 radical (unpaired) electrons. The molecule has 1 aromatic heterocycles. The third-order valence-corrected chi connectivity index (χ3v) is 4.69. The molecule has 0 bridgehead atoms. The van der Waals surface area contributed by atoms with Crippen LogP contribution in [0.15, 0.2) is 51.0 Å². The quantitative estimate of drug-likeness (QED) is 0.605. The fourth-order valence-electron chi connectivity index (χ4n) is 2.16. The van der Waals surface area contributed by atoms with Gasteiger partial charge in [0.1, 0.15) is 16.8 Å². The van der Waals surface area contributed by atoms with Crippen LogP contribution in [0.25, 0.3) is 0 Å². The third-order valence-electron chi connectivity index (χ3n) is 3.37. The summed E-state index contributed by atoms with van der Waals surface area (Å²) in [5, 5.41) is 13.5. The second-order valence-corrected chi connectivity index (χ2v) is 7.08. The molecule has 2 amide bonds. The molecule has 2 aromatic rings. The number of hydrogen-bond acceptors (Lipinski definition) is 6. The molecular weight excluding hydrogens is 376 g/mol. The standard InChI is InChI=1S/C17H15ClN4O3S/c1-10-2-7-13(25-10)9-19-22-17-21-16(24)14(26-17)8-15(23)20-12-5-3-11(18)4-6-12/h2-7,9,14H,8H2,1H3,(H,20,23)(H,21,22,24)/b19-9-. The molecule has 0 aliphatic carbocycles. The highest BCUT2D eigenvalue weighted by Crippen LogP contribution is 2.23. The van der Waals surface area contributed by atoms with Gasteiger partial charge >= 0.3 is 0 Å². The van der Waals surface area contributed by atoms with E-state index in [1.165, 1.54) is 6.21 Å². The minimum atomic E-state index is -0.554. The minimum absolute atomic E-state index is 0.0270. The van der Waals surface area contributed by atoms with Gasteiger partial charge in [-0.15, -0.1) is 5.10 Å². The number of thioether (sulfide) groups is 1. The van der Waals surface area contributed by atoms with E-state index in [0.717, 1.165) is 17.5 Å². The number of furan rings is 1. The number of amidine groups is 1. The number of benzene rings is 1. The number of anilines is 1. The number of nitrogens with zero attached hydrogens (tertiary/aromatic N) is 2. The Morgan fingerprint density at radius 2 is 2.12 bits per heavy atom. The van der Waals surface area contributed by atoms with Crippen molar-refractivity contribution >= 4 is 52.2 Å². The molecule has 1 fully saturated rings. The van der Waals surface area contributed by atoms with Gasteiger partial charge in [-0.1, -0.05) is 23.4 Å². The number of hydrogen-bond donors (Lipinski definition) is 2. The fourth-order valence-corrected chi connectivity index (χ4v) is 3.21. The summed E-state index contributed by atoms with van der Waals surface area (Å²) in [7, 11) is 0. The van der Waals surface area contributed by atoms with Gasteiger partial charge in [0.25, 0.3) is 0 Å². The molecule has 134 valence electrons. The van der Waals surface area contributed by atoms with E-state index in [2.05, 4.69) is 20.8 Å². The van der Waals surface area contributed by atoms with Crippen molar-refractivity contribution < 1.29 is 14.0 Å². The van der Waals surface area contributed by atoms with Crippen LogP contribution in [0, 0.1) is 6.92 Å². The summed E-state index contributed by atoms with van der Waals surface area (Å²) in [5.74, 6) is 0.800. The normalized spacial score (nSPS) is 18.5. The zero-order valence-corrected chi connectivity index (χ0v) is 15.3. The lowest BCUT2D eigenvalue weighted by Crippen LogP contribution is -2.28. The maximum absolute atomic E-state index is 12.1. The first-order valence-electron chi connectivity index (χ1n) is 7.70. The minimum Gasteiger partial charge on any atom is -0.460 e. The van der Waals surface area contributed by atoms with Crippen LogP contribution in [-0.4, -0.2) is 28.4 Å². The highest BCUT2D eigenvalue weighted by atomic mass is 35.5. The Bertz CT molecular complexity index is 876. The average Bonchev–Trinajstić information content (AvgIpc) is 3.16. The van der Waals surface area contributed by atoms with Crippen molar-refractivity contribution in [2.24, 2.45) is 10.2 Å². The Hall–Kier alpha value is -2.58. The largest absolute Gasteiger partial charge is 0.460 e. The van der Waals surface area contributed by atoms with E-state index in [1.807, 2.05) is 13.0 Å². The second-order valence-electron chi connectivity index (χ2n) is 5.45. The number of rotatable bonds is 5. The van der Waals surface area contributed by atoms with Gasteiger partial charge in [-0.2, -0.15) is 5.10 Å². The van der Waals surface area contributed by atoms with E-state index in [1.54, 1.807) is 30.3 Å².